The Morgan fingerprint density at radius 2 is 2.12 bits per heavy atom. The van der Waals surface area contributed by atoms with Crippen LogP contribution in [0.1, 0.15) is 32.8 Å². The highest BCUT2D eigenvalue weighted by atomic mass is 16.3. The molecule has 1 rings (SSSR count). The molecule has 98 valence electrons. The maximum Gasteiger partial charge on any atom is 0.0600 e. The minimum Gasteiger partial charge on any atom is -0.393 e. The van der Waals surface area contributed by atoms with E-state index in [1.54, 1.807) is 0 Å². The number of aryl methyl sites for hydroxylation is 1. The highest BCUT2D eigenvalue weighted by Gasteiger charge is 2.21. The van der Waals surface area contributed by atoms with Crippen LogP contribution in [0.15, 0.2) is 12.4 Å². The largest absolute Gasteiger partial charge is 0.393 e. The number of nitrogens with zero attached hydrogens (tertiary/aromatic N) is 3. The van der Waals surface area contributed by atoms with Gasteiger partial charge in [0.2, 0.25) is 0 Å². The molecule has 1 aromatic rings. The molecule has 4 heteroatoms. The molecular weight excluding hydrogens is 214 g/mol. The molecule has 0 radical (unpaired) electrons. The van der Waals surface area contributed by atoms with Crippen molar-refractivity contribution in [3.63, 3.8) is 0 Å². The molecular formula is C13H25N3O. The topological polar surface area (TPSA) is 41.3 Å². The van der Waals surface area contributed by atoms with Crippen LogP contribution in [0.4, 0.5) is 0 Å². The molecule has 0 amide bonds. The summed E-state index contributed by atoms with van der Waals surface area (Å²) in [5.41, 5.74) is 1.18. The molecule has 1 aromatic heterocycles. The molecule has 0 aromatic carbocycles. The molecule has 0 saturated carbocycles. The fourth-order valence-electron chi connectivity index (χ4n) is 1.72. The van der Waals surface area contributed by atoms with Crippen LogP contribution >= 0.6 is 0 Å². The Morgan fingerprint density at radius 3 is 2.59 bits per heavy atom. The zero-order chi connectivity index (χ0) is 13.1. The fraction of sp³-hybridized carbons (Fsp3) is 0.769. The fourth-order valence-corrected chi connectivity index (χ4v) is 1.72. The average molecular weight is 239 g/mol. The van der Waals surface area contributed by atoms with E-state index in [2.05, 4.69) is 37.8 Å². The molecule has 0 saturated heterocycles. The minimum atomic E-state index is -0.251. The first-order chi connectivity index (χ1) is 7.79. The number of rotatable bonds is 5. The number of hydrogen-bond acceptors (Lipinski definition) is 3. The van der Waals surface area contributed by atoms with Gasteiger partial charge in [-0.05, 0) is 18.9 Å². The lowest BCUT2D eigenvalue weighted by molar-refractivity contribution is 0.0473. The van der Waals surface area contributed by atoms with Crippen molar-refractivity contribution in [2.45, 2.75) is 39.8 Å². The smallest absolute Gasteiger partial charge is 0.0600 e. The number of aliphatic hydroxyl groups excluding tert-OH is 1. The van der Waals surface area contributed by atoms with Crippen molar-refractivity contribution in [3.05, 3.63) is 18.0 Å². The van der Waals surface area contributed by atoms with E-state index in [0.717, 1.165) is 19.5 Å². The van der Waals surface area contributed by atoms with Gasteiger partial charge in [-0.15, -0.1) is 0 Å². The second-order valence-corrected chi connectivity index (χ2v) is 5.93. The van der Waals surface area contributed by atoms with Crippen molar-refractivity contribution < 1.29 is 5.11 Å². The Bertz CT molecular complexity index is 341. The second-order valence-electron chi connectivity index (χ2n) is 5.93. The van der Waals surface area contributed by atoms with Crippen molar-refractivity contribution in [2.75, 3.05) is 13.6 Å². The lowest BCUT2D eigenvalue weighted by atomic mass is 9.87. The molecule has 1 heterocycles. The van der Waals surface area contributed by atoms with E-state index in [0.29, 0.717) is 0 Å². The Morgan fingerprint density at radius 1 is 1.47 bits per heavy atom. The van der Waals surface area contributed by atoms with E-state index in [4.69, 9.17) is 0 Å². The molecule has 0 bridgehead atoms. The van der Waals surface area contributed by atoms with Crippen LogP contribution < -0.4 is 0 Å². The molecule has 4 nitrogen and oxygen atoms in total. The van der Waals surface area contributed by atoms with E-state index in [9.17, 15) is 5.11 Å². The first-order valence-electron chi connectivity index (χ1n) is 6.13. The molecule has 0 aliphatic heterocycles. The van der Waals surface area contributed by atoms with Gasteiger partial charge in [-0.2, -0.15) is 5.10 Å². The molecule has 17 heavy (non-hydrogen) atoms. The van der Waals surface area contributed by atoms with Gasteiger partial charge in [-0.1, -0.05) is 20.8 Å². The SMILES string of the molecule is CN(CCC(O)C(C)(C)C)Cc1cnn(C)c1. The van der Waals surface area contributed by atoms with Crippen molar-refractivity contribution in [1.29, 1.82) is 0 Å². The maximum absolute atomic E-state index is 9.96. The van der Waals surface area contributed by atoms with Crippen LogP contribution in [0.2, 0.25) is 0 Å². The summed E-state index contributed by atoms with van der Waals surface area (Å²) in [6.45, 7) is 7.98. The van der Waals surface area contributed by atoms with Crippen LogP contribution in [0.3, 0.4) is 0 Å². The molecule has 1 unspecified atom stereocenters. The predicted molar refractivity (Wildman–Crippen MR) is 69.6 cm³/mol. The van der Waals surface area contributed by atoms with Crippen molar-refractivity contribution in [1.82, 2.24) is 14.7 Å². The van der Waals surface area contributed by atoms with Crippen LogP contribution in [0, 0.1) is 5.41 Å². The zero-order valence-corrected chi connectivity index (χ0v) is 11.6. The van der Waals surface area contributed by atoms with Crippen LogP contribution in [0.25, 0.3) is 0 Å². The van der Waals surface area contributed by atoms with Gasteiger partial charge < -0.3 is 10.0 Å². The molecule has 0 aliphatic rings. The van der Waals surface area contributed by atoms with Crippen molar-refractivity contribution >= 4 is 0 Å². The standard InChI is InChI=1S/C13H25N3O/c1-13(2,3)12(17)6-7-15(4)9-11-8-14-16(5)10-11/h8,10,12,17H,6-7,9H2,1-5H3. The summed E-state index contributed by atoms with van der Waals surface area (Å²) in [6, 6.07) is 0. The number of aromatic nitrogens is 2. The van der Waals surface area contributed by atoms with Gasteiger partial charge in [0.15, 0.2) is 0 Å². The van der Waals surface area contributed by atoms with Crippen LogP contribution in [-0.2, 0) is 13.6 Å². The van der Waals surface area contributed by atoms with E-state index in [1.165, 1.54) is 5.56 Å². The monoisotopic (exact) mass is 239 g/mol. The zero-order valence-electron chi connectivity index (χ0n) is 11.6. The normalized spacial score (nSPS) is 14.3. The third kappa shape index (κ3) is 4.88. The van der Waals surface area contributed by atoms with Crippen LogP contribution in [-0.4, -0.2) is 39.5 Å². The molecule has 0 spiro atoms. The van der Waals surface area contributed by atoms with E-state index in [1.807, 2.05) is 24.1 Å². The summed E-state index contributed by atoms with van der Waals surface area (Å²) >= 11 is 0. The summed E-state index contributed by atoms with van der Waals surface area (Å²) in [5.74, 6) is 0. The predicted octanol–water partition coefficient (Wildman–Crippen LogP) is 1.65. The van der Waals surface area contributed by atoms with Crippen molar-refractivity contribution in [2.24, 2.45) is 12.5 Å². The van der Waals surface area contributed by atoms with Gasteiger partial charge in [0.1, 0.15) is 0 Å². The van der Waals surface area contributed by atoms with Gasteiger partial charge in [0, 0.05) is 31.9 Å². The summed E-state index contributed by atoms with van der Waals surface area (Å²) in [4.78, 5) is 2.21. The molecule has 1 atom stereocenters. The third-order valence-corrected chi connectivity index (χ3v) is 2.99. The Labute approximate surface area is 104 Å². The van der Waals surface area contributed by atoms with Crippen LogP contribution in [0.5, 0.6) is 0 Å². The Balaban J connectivity index is 2.33. The minimum absolute atomic E-state index is 0.0326. The first kappa shape index (κ1) is 14.2. The lowest BCUT2D eigenvalue weighted by Crippen LogP contribution is -2.30. The van der Waals surface area contributed by atoms with Gasteiger partial charge in [-0.25, -0.2) is 0 Å². The van der Waals surface area contributed by atoms with Gasteiger partial charge in [-0.3, -0.25) is 4.68 Å². The Kier molecular flexibility index (Phi) is 4.71. The molecule has 0 fully saturated rings. The van der Waals surface area contributed by atoms with E-state index < -0.39 is 0 Å². The highest BCUT2D eigenvalue weighted by molar-refractivity contribution is 5.02. The summed E-state index contributed by atoms with van der Waals surface area (Å²) < 4.78 is 1.81. The molecule has 0 aliphatic carbocycles. The van der Waals surface area contributed by atoms with E-state index >= 15 is 0 Å². The maximum atomic E-state index is 9.96. The molecule has 1 N–H and O–H groups in total. The Hall–Kier alpha value is -0.870. The van der Waals surface area contributed by atoms with Gasteiger partial charge in [0.25, 0.3) is 0 Å². The quantitative estimate of drug-likeness (QED) is 0.849. The average Bonchev–Trinajstić information content (AvgIpc) is 2.58. The summed E-state index contributed by atoms with van der Waals surface area (Å²) in [6.07, 6.45) is 4.46. The van der Waals surface area contributed by atoms with E-state index in [-0.39, 0.29) is 11.5 Å². The number of hydrogen-bond donors (Lipinski definition) is 1. The first-order valence-corrected chi connectivity index (χ1v) is 6.13. The van der Waals surface area contributed by atoms with Crippen molar-refractivity contribution in [3.8, 4) is 0 Å². The second kappa shape index (κ2) is 5.65. The lowest BCUT2D eigenvalue weighted by Gasteiger charge is -2.27. The van der Waals surface area contributed by atoms with Gasteiger partial charge >= 0.3 is 0 Å². The highest BCUT2D eigenvalue weighted by Crippen LogP contribution is 2.21. The summed E-state index contributed by atoms with van der Waals surface area (Å²) in [5, 5.41) is 14.1. The summed E-state index contributed by atoms with van der Waals surface area (Å²) in [7, 11) is 4.00. The third-order valence-electron chi connectivity index (χ3n) is 2.99. The number of aliphatic hydroxyl groups is 1. The van der Waals surface area contributed by atoms with Gasteiger partial charge in [0.05, 0.1) is 12.3 Å².